The largest absolute Gasteiger partial charge is 0.355 e. The van der Waals surface area contributed by atoms with Crippen LogP contribution in [0.1, 0.15) is 32.8 Å². The summed E-state index contributed by atoms with van der Waals surface area (Å²) in [4.78, 5) is 37.7. The third-order valence-corrected chi connectivity index (χ3v) is 4.29. The average molecular weight is 352 g/mol. The van der Waals surface area contributed by atoms with Crippen LogP contribution in [0.3, 0.4) is 0 Å². The minimum Gasteiger partial charge on any atom is -0.355 e. The van der Waals surface area contributed by atoms with E-state index >= 15 is 0 Å². The molecule has 6 nitrogen and oxygen atoms in total. The van der Waals surface area contributed by atoms with Gasteiger partial charge in [0.1, 0.15) is 12.1 Å². The van der Waals surface area contributed by atoms with Crippen molar-refractivity contribution in [2.24, 2.45) is 5.92 Å². The van der Waals surface area contributed by atoms with E-state index in [9.17, 15) is 14.4 Å². The van der Waals surface area contributed by atoms with Gasteiger partial charge in [-0.25, -0.2) is 4.79 Å². The van der Waals surface area contributed by atoms with Crippen molar-refractivity contribution in [1.82, 2.24) is 15.5 Å². The first kappa shape index (κ1) is 18.3. The van der Waals surface area contributed by atoms with Crippen molar-refractivity contribution in [3.8, 4) is 0 Å². The number of carbonyl (C=O) groups excluding carboxylic acids is 3. The highest BCUT2D eigenvalue weighted by Gasteiger charge is 2.49. The third kappa shape index (κ3) is 3.87. The topological polar surface area (TPSA) is 78.5 Å². The lowest BCUT2D eigenvalue weighted by molar-refractivity contribution is -0.134. The molecule has 0 saturated carbocycles. The van der Waals surface area contributed by atoms with Crippen LogP contribution in [0.25, 0.3) is 0 Å². The number of hydrogen-bond donors (Lipinski definition) is 2. The Morgan fingerprint density at radius 1 is 1.29 bits per heavy atom. The fourth-order valence-corrected chi connectivity index (χ4v) is 2.65. The number of hydrogen-bond acceptors (Lipinski definition) is 3. The summed E-state index contributed by atoms with van der Waals surface area (Å²) in [6.45, 7) is 5.97. The van der Waals surface area contributed by atoms with Crippen molar-refractivity contribution in [3.63, 3.8) is 0 Å². The molecule has 0 spiro atoms. The molecule has 4 amide bonds. The molecule has 130 valence electrons. The van der Waals surface area contributed by atoms with Gasteiger partial charge in [0.2, 0.25) is 5.91 Å². The molecule has 1 heterocycles. The molecule has 7 heteroatoms. The number of carbonyl (C=O) groups is 3. The molecule has 0 radical (unpaired) electrons. The van der Waals surface area contributed by atoms with Gasteiger partial charge in [0.25, 0.3) is 5.91 Å². The molecular formula is C17H22ClN3O3. The lowest BCUT2D eigenvalue weighted by Gasteiger charge is -2.22. The summed E-state index contributed by atoms with van der Waals surface area (Å²) in [7, 11) is 0. The first-order valence-corrected chi connectivity index (χ1v) is 8.28. The van der Waals surface area contributed by atoms with E-state index < -0.39 is 17.5 Å². The summed E-state index contributed by atoms with van der Waals surface area (Å²) in [5.74, 6) is -0.330. The van der Waals surface area contributed by atoms with Crippen molar-refractivity contribution >= 4 is 29.4 Å². The van der Waals surface area contributed by atoms with Crippen LogP contribution in [0.4, 0.5) is 4.79 Å². The Hall–Kier alpha value is -2.08. The standard InChI is InChI=1S/C17H22ClN3O3/c1-11(2)8-9-19-14(22)10-21-15(23)17(3,20-16(21)24)12-4-6-13(18)7-5-12/h4-7,11H,8-10H2,1-3H3,(H,19,22)(H,20,24)/t17-/m0/s1. The number of benzene rings is 1. The van der Waals surface area contributed by atoms with Gasteiger partial charge >= 0.3 is 6.03 Å². The minimum atomic E-state index is -1.19. The molecule has 0 aliphatic carbocycles. The molecule has 1 aromatic rings. The van der Waals surface area contributed by atoms with Crippen LogP contribution in [0, 0.1) is 5.92 Å². The molecule has 24 heavy (non-hydrogen) atoms. The maximum Gasteiger partial charge on any atom is 0.325 e. The summed E-state index contributed by atoms with van der Waals surface area (Å²) in [5, 5.41) is 5.93. The van der Waals surface area contributed by atoms with Crippen molar-refractivity contribution in [1.29, 1.82) is 0 Å². The van der Waals surface area contributed by atoms with E-state index in [0.717, 1.165) is 11.3 Å². The number of rotatable bonds is 6. The minimum absolute atomic E-state index is 0.286. The average Bonchev–Trinajstić information content (AvgIpc) is 2.72. The monoisotopic (exact) mass is 351 g/mol. The molecule has 0 bridgehead atoms. The first-order chi connectivity index (χ1) is 11.2. The first-order valence-electron chi connectivity index (χ1n) is 7.91. The molecule has 1 aromatic carbocycles. The zero-order valence-corrected chi connectivity index (χ0v) is 14.8. The smallest absolute Gasteiger partial charge is 0.325 e. The van der Waals surface area contributed by atoms with Crippen LogP contribution in [0.2, 0.25) is 5.02 Å². The van der Waals surface area contributed by atoms with Crippen LogP contribution in [-0.4, -0.2) is 35.8 Å². The molecule has 2 N–H and O–H groups in total. The van der Waals surface area contributed by atoms with Gasteiger partial charge in [-0.15, -0.1) is 0 Å². The molecular weight excluding hydrogens is 330 g/mol. The van der Waals surface area contributed by atoms with Gasteiger partial charge in [-0.2, -0.15) is 0 Å². The van der Waals surface area contributed by atoms with Gasteiger partial charge in [0, 0.05) is 11.6 Å². The van der Waals surface area contributed by atoms with E-state index in [-0.39, 0.29) is 12.5 Å². The second-order valence-electron chi connectivity index (χ2n) is 6.49. The van der Waals surface area contributed by atoms with Gasteiger partial charge in [-0.05, 0) is 37.0 Å². The van der Waals surface area contributed by atoms with Gasteiger partial charge in [-0.3, -0.25) is 14.5 Å². The van der Waals surface area contributed by atoms with Crippen LogP contribution < -0.4 is 10.6 Å². The number of urea groups is 1. The zero-order valence-electron chi connectivity index (χ0n) is 14.1. The van der Waals surface area contributed by atoms with E-state index in [2.05, 4.69) is 24.5 Å². The number of amides is 4. The molecule has 0 unspecified atom stereocenters. The predicted molar refractivity (Wildman–Crippen MR) is 91.5 cm³/mol. The maximum absolute atomic E-state index is 12.7. The molecule has 1 saturated heterocycles. The van der Waals surface area contributed by atoms with E-state index in [0.29, 0.717) is 23.0 Å². The quantitative estimate of drug-likeness (QED) is 0.772. The Bertz CT molecular complexity index is 645. The van der Waals surface area contributed by atoms with Crippen molar-refractivity contribution in [2.75, 3.05) is 13.1 Å². The Morgan fingerprint density at radius 2 is 1.92 bits per heavy atom. The SMILES string of the molecule is CC(C)CCNC(=O)CN1C(=O)N[C@@](C)(c2ccc(Cl)cc2)C1=O. The highest BCUT2D eigenvalue weighted by atomic mass is 35.5. The van der Waals surface area contributed by atoms with Gasteiger partial charge < -0.3 is 10.6 Å². The zero-order chi connectivity index (χ0) is 17.9. The molecule has 1 aliphatic heterocycles. The molecule has 0 aromatic heterocycles. The predicted octanol–water partition coefficient (Wildman–Crippen LogP) is 2.27. The Kier molecular flexibility index (Phi) is 5.49. The normalized spacial score (nSPS) is 20.5. The number of halogens is 1. The Labute approximate surface area is 146 Å². The van der Waals surface area contributed by atoms with Crippen LogP contribution >= 0.6 is 11.6 Å². The van der Waals surface area contributed by atoms with Crippen molar-refractivity contribution < 1.29 is 14.4 Å². The second-order valence-corrected chi connectivity index (χ2v) is 6.92. The molecule has 1 atom stereocenters. The fourth-order valence-electron chi connectivity index (χ4n) is 2.52. The van der Waals surface area contributed by atoms with Gasteiger partial charge in [0.15, 0.2) is 0 Å². The maximum atomic E-state index is 12.7. The molecule has 1 fully saturated rings. The summed E-state index contributed by atoms with van der Waals surface area (Å²) in [5.41, 5.74) is -0.576. The van der Waals surface area contributed by atoms with Crippen molar-refractivity contribution in [3.05, 3.63) is 34.9 Å². The van der Waals surface area contributed by atoms with E-state index in [1.165, 1.54) is 0 Å². The molecule has 2 rings (SSSR count). The van der Waals surface area contributed by atoms with Gasteiger partial charge in [0.05, 0.1) is 0 Å². The lowest BCUT2D eigenvalue weighted by atomic mass is 9.92. The van der Waals surface area contributed by atoms with E-state index in [1.54, 1.807) is 31.2 Å². The third-order valence-electron chi connectivity index (χ3n) is 4.04. The second kappa shape index (κ2) is 7.21. The number of imide groups is 1. The van der Waals surface area contributed by atoms with Gasteiger partial charge in [-0.1, -0.05) is 37.6 Å². The van der Waals surface area contributed by atoms with E-state index in [4.69, 9.17) is 11.6 Å². The highest BCUT2D eigenvalue weighted by Crippen LogP contribution is 2.29. The fraction of sp³-hybridized carbons (Fsp3) is 0.471. The number of nitrogens with zero attached hydrogens (tertiary/aromatic N) is 1. The Morgan fingerprint density at radius 3 is 2.50 bits per heavy atom. The van der Waals surface area contributed by atoms with Crippen molar-refractivity contribution in [2.45, 2.75) is 32.7 Å². The van der Waals surface area contributed by atoms with Crippen LogP contribution in [0.15, 0.2) is 24.3 Å². The summed E-state index contributed by atoms with van der Waals surface area (Å²) in [6, 6.07) is 6.11. The van der Waals surface area contributed by atoms with Crippen LogP contribution in [0.5, 0.6) is 0 Å². The lowest BCUT2D eigenvalue weighted by Crippen LogP contribution is -2.43. The number of nitrogens with one attached hydrogen (secondary N) is 2. The summed E-state index contributed by atoms with van der Waals surface area (Å²) >= 11 is 5.86. The Balaban J connectivity index is 2.05. The summed E-state index contributed by atoms with van der Waals surface area (Å²) < 4.78 is 0. The molecule has 1 aliphatic rings. The van der Waals surface area contributed by atoms with Crippen LogP contribution in [-0.2, 0) is 15.1 Å². The van der Waals surface area contributed by atoms with E-state index in [1.807, 2.05) is 0 Å². The summed E-state index contributed by atoms with van der Waals surface area (Å²) in [6.07, 6.45) is 0.842. The highest BCUT2D eigenvalue weighted by molar-refractivity contribution is 6.30.